The first-order chi connectivity index (χ1) is 12.1. The number of carbonyl (C=O) groups is 5. The summed E-state index contributed by atoms with van der Waals surface area (Å²) in [5, 5.41) is 39.5. The van der Waals surface area contributed by atoms with Gasteiger partial charge < -0.3 is 42.3 Å². The zero-order valence-corrected chi connectivity index (χ0v) is 16.2. The Morgan fingerprint density at radius 1 is 0.679 bits per heavy atom. The molecule has 0 aromatic rings. The van der Waals surface area contributed by atoms with Gasteiger partial charge in [-0.1, -0.05) is 0 Å². The van der Waals surface area contributed by atoms with Crippen molar-refractivity contribution in [2.45, 2.75) is 0 Å². The third-order valence-electron chi connectivity index (χ3n) is 0.623. The van der Waals surface area contributed by atoms with E-state index in [0.29, 0.717) is 13.1 Å². The molecule has 0 rings (SSSR count). The smallest absolute Gasteiger partial charge is 0.676 e. The molecule has 0 radical (unpaired) electrons. The van der Waals surface area contributed by atoms with Gasteiger partial charge in [-0.2, -0.15) is 0 Å². The molecule has 0 unspecified atom stereocenters. The third-order valence-corrected chi connectivity index (χ3v) is 0.623. The fourth-order valence-electron chi connectivity index (χ4n) is 0.315. The molecule has 14 heteroatoms. The van der Waals surface area contributed by atoms with Crippen LogP contribution in [0.15, 0.2) is 0 Å². The number of hydrogen-bond acceptors (Lipinski definition) is 7. The molecule has 28 heavy (non-hydrogen) atoms. The number of aliphatic carboxylic acids is 5. The van der Waals surface area contributed by atoms with Gasteiger partial charge in [-0.05, 0) is 6.54 Å². The molecule has 166 valence electrons. The van der Waals surface area contributed by atoms with Crippen molar-refractivity contribution in [3.8, 4) is 0 Å². The average molecular weight is 453 g/mol. The zero-order chi connectivity index (χ0) is 23.4. The summed E-state index contributed by atoms with van der Waals surface area (Å²) >= 11 is 0. The van der Waals surface area contributed by atoms with Crippen LogP contribution in [0.2, 0.25) is 0 Å². The summed E-state index contributed by atoms with van der Waals surface area (Å²) in [5.74, 6) is -5.42. The van der Waals surface area contributed by atoms with E-state index in [2.05, 4.69) is 39.9 Å². The van der Waals surface area contributed by atoms with Crippen LogP contribution in [0.5, 0.6) is 0 Å². The Kier molecular flexibility index (Phi) is 69.9. The van der Waals surface area contributed by atoms with Gasteiger partial charge in [0.15, 0.2) is 29.8 Å². The van der Waals surface area contributed by atoms with E-state index in [-0.39, 0.29) is 17.1 Å². The quantitative estimate of drug-likeness (QED) is 0.156. The molecule has 0 aromatic heterocycles. The van der Waals surface area contributed by atoms with Gasteiger partial charge in [0, 0.05) is 13.1 Å². The van der Waals surface area contributed by atoms with Crippen LogP contribution < -0.4 is 11.1 Å². The molecule has 0 aromatic carbocycles. The van der Waals surface area contributed by atoms with Crippen molar-refractivity contribution in [2.24, 2.45) is 5.73 Å². The molecule has 13 nitrogen and oxygen atoms in total. The summed E-state index contributed by atoms with van der Waals surface area (Å²) in [6, 6.07) is 0. The van der Waals surface area contributed by atoms with Crippen molar-refractivity contribution in [3.63, 3.8) is 0 Å². The number of carboxylic acids is 5. The Labute approximate surface area is 174 Å². The topological polar surface area (TPSA) is 248 Å². The van der Waals surface area contributed by atoms with Gasteiger partial charge in [0.1, 0.15) is 0 Å². The molecular weight excluding hydrogens is 426 g/mol. The predicted octanol–water partition coefficient (Wildman–Crippen LogP) is -0.890. The minimum absolute atomic E-state index is 0. The van der Waals surface area contributed by atoms with Gasteiger partial charge in [-0.3, -0.25) is 58.6 Å². The number of hydrogen-bond donors (Lipinski definition) is 7. The number of nitrogens with two attached hydrogens (primary N) is 1. The van der Waals surface area contributed by atoms with Gasteiger partial charge in [-0.15, -0.1) is 6.54 Å². The number of carboxylic acid groups (broad SMARTS) is 5. The SMILES string of the molecule is [CH2-]C(=O)O.[CH2-]C(=O)O.[CH2-]C(=O)O.[CH2-]C(=O)O.[CH2-]C(=O)O.[Fe+6].[NH-]CCNCCN. The first-order valence-corrected chi connectivity index (χ1v) is 6.38. The minimum Gasteiger partial charge on any atom is -0.676 e. The second-order valence-corrected chi connectivity index (χ2v) is 3.26. The van der Waals surface area contributed by atoms with E-state index in [0.717, 1.165) is 13.1 Å². The zero-order valence-electron chi connectivity index (χ0n) is 15.1. The van der Waals surface area contributed by atoms with Crippen LogP contribution in [0.25, 0.3) is 5.73 Å². The second kappa shape index (κ2) is 44.0. The summed E-state index contributed by atoms with van der Waals surface area (Å²) < 4.78 is 0. The maximum atomic E-state index is 8.89. The molecule has 0 aliphatic carbocycles. The van der Waals surface area contributed by atoms with Crippen molar-refractivity contribution in [1.29, 1.82) is 0 Å². The molecule has 0 fully saturated rings. The van der Waals surface area contributed by atoms with Crippen LogP contribution in [0, 0.1) is 34.6 Å². The van der Waals surface area contributed by atoms with Crippen LogP contribution >= 0.6 is 0 Å². The standard InChI is InChI=1S/C4H12N3.5C2H3O2.Fe/c5-1-3-7-4-2-6;5*1-2(3)4;/h5,7H,1-4,6H2;5*1H2,(H,3,4);/q6*-1;+6. The number of rotatable bonds is 4. The normalized spacial score (nSPS) is 6.64. The fourth-order valence-corrected chi connectivity index (χ4v) is 0.315. The van der Waals surface area contributed by atoms with Crippen LogP contribution in [-0.2, 0) is 41.0 Å². The van der Waals surface area contributed by atoms with E-state index in [4.69, 9.17) is 61.0 Å². The third kappa shape index (κ3) is 9330. The predicted molar refractivity (Wildman–Crippen MR) is 96.1 cm³/mol. The summed E-state index contributed by atoms with van der Waals surface area (Å²) in [6.45, 7) is 15.5. The summed E-state index contributed by atoms with van der Waals surface area (Å²) in [7, 11) is 0. The summed E-state index contributed by atoms with van der Waals surface area (Å²) in [4.78, 5) is 44.4. The van der Waals surface area contributed by atoms with Crippen molar-refractivity contribution in [1.82, 2.24) is 5.32 Å². The molecular formula is C14H27FeN3O10. The fraction of sp³-hybridized carbons (Fsp3) is 0.286. The van der Waals surface area contributed by atoms with Crippen LogP contribution in [-0.4, -0.2) is 81.6 Å². The second-order valence-electron chi connectivity index (χ2n) is 3.26. The Bertz CT molecular complexity index is 289. The van der Waals surface area contributed by atoms with E-state index in [9.17, 15) is 0 Å². The van der Waals surface area contributed by atoms with E-state index in [1.807, 2.05) is 0 Å². The summed E-state index contributed by atoms with van der Waals surface area (Å²) in [6.07, 6.45) is 0. The molecule has 0 aliphatic heterocycles. The largest absolute Gasteiger partial charge is 6.00 e. The van der Waals surface area contributed by atoms with Gasteiger partial charge in [0.05, 0.1) is 0 Å². The summed E-state index contributed by atoms with van der Waals surface area (Å²) in [5.41, 5.74) is 11.8. The molecule has 0 spiro atoms. The van der Waals surface area contributed by atoms with Crippen molar-refractivity contribution in [2.75, 3.05) is 26.2 Å². The monoisotopic (exact) mass is 453 g/mol. The Hall–Kier alpha value is -2.90. The van der Waals surface area contributed by atoms with Crippen molar-refractivity contribution >= 4 is 29.8 Å². The van der Waals surface area contributed by atoms with Gasteiger partial charge in [-0.25, -0.2) is 0 Å². The van der Waals surface area contributed by atoms with E-state index >= 15 is 0 Å². The molecule has 0 atom stereocenters. The molecule has 0 heterocycles. The van der Waals surface area contributed by atoms with Gasteiger partial charge >= 0.3 is 17.1 Å². The Balaban J connectivity index is -0.0000000382. The van der Waals surface area contributed by atoms with Crippen LogP contribution in [0.3, 0.4) is 0 Å². The molecule has 0 saturated heterocycles. The van der Waals surface area contributed by atoms with Crippen LogP contribution in [0.1, 0.15) is 0 Å². The van der Waals surface area contributed by atoms with Gasteiger partial charge in [0.2, 0.25) is 0 Å². The Morgan fingerprint density at radius 3 is 0.964 bits per heavy atom. The molecule has 0 amide bonds. The average Bonchev–Trinajstić information content (AvgIpc) is 2.35. The van der Waals surface area contributed by atoms with E-state index < -0.39 is 29.8 Å². The maximum absolute atomic E-state index is 8.89. The van der Waals surface area contributed by atoms with Crippen LogP contribution in [0.4, 0.5) is 0 Å². The number of nitrogens with one attached hydrogen (secondary N) is 2. The first kappa shape index (κ1) is 44.5. The van der Waals surface area contributed by atoms with Crippen molar-refractivity contribution < 1.29 is 66.6 Å². The molecule has 0 bridgehead atoms. The molecule has 0 saturated carbocycles. The minimum atomic E-state index is -1.08. The molecule has 0 aliphatic rings. The van der Waals surface area contributed by atoms with Crippen molar-refractivity contribution in [3.05, 3.63) is 40.4 Å². The molecule has 9 N–H and O–H groups in total. The first-order valence-electron chi connectivity index (χ1n) is 6.38. The van der Waals surface area contributed by atoms with E-state index in [1.165, 1.54) is 0 Å². The van der Waals surface area contributed by atoms with Gasteiger partial charge in [0.25, 0.3) is 0 Å². The maximum Gasteiger partial charge on any atom is 6.00 e. The van der Waals surface area contributed by atoms with E-state index in [1.54, 1.807) is 0 Å². The Morgan fingerprint density at radius 2 is 0.857 bits per heavy atom.